The summed E-state index contributed by atoms with van der Waals surface area (Å²) in [6.45, 7) is 4.52. The van der Waals surface area contributed by atoms with Crippen LogP contribution in [0.4, 0.5) is 4.79 Å². The quantitative estimate of drug-likeness (QED) is 0.666. The van der Waals surface area contributed by atoms with Gasteiger partial charge in [0.25, 0.3) is 5.91 Å². The smallest absolute Gasteiger partial charge is 0.319 e. The van der Waals surface area contributed by atoms with Crippen molar-refractivity contribution in [2.45, 2.75) is 45.3 Å². The Morgan fingerprint density at radius 2 is 1.89 bits per heavy atom. The third-order valence-electron chi connectivity index (χ3n) is 5.23. The molecule has 2 heterocycles. The Kier molecular flexibility index (Phi) is 4.54. The maximum Gasteiger partial charge on any atom is 0.325 e. The number of hydrogen-bond donors (Lipinski definition) is 1. The third kappa shape index (κ3) is 3.00. The summed E-state index contributed by atoms with van der Waals surface area (Å²) in [5.74, 6) is 0.192. The molecule has 8 heteroatoms. The van der Waals surface area contributed by atoms with Crippen LogP contribution >= 0.6 is 0 Å². The van der Waals surface area contributed by atoms with Gasteiger partial charge in [-0.1, -0.05) is 49.7 Å². The lowest BCUT2D eigenvalue weighted by atomic mass is 9.90. The van der Waals surface area contributed by atoms with Crippen molar-refractivity contribution in [1.82, 2.24) is 30.4 Å². The van der Waals surface area contributed by atoms with E-state index in [1.54, 1.807) is 11.6 Å². The minimum absolute atomic E-state index is 0.0462. The number of urea groups is 1. The molecule has 0 aliphatic carbocycles. The van der Waals surface area contributed by atoms with Gasteiger partial charge in [0.2, 0.25) is 0 Å². The summed E-state index contributed by atoms with van der Waals surface area (Å²) in [5, 5.41) is 16.6. The van der Waals surface area contributed by atoms with Gasteiger partial charge in [0.05, 0.1) is 6.54 Å². The van der Waals surface area contributed by atoms with E-state index in [9.17, 15) is 9.59 Å². The van der Waals surface area contributed by atoms with Crippen LogP contribution in [0.5, 0.6) is 0 Å². The number of hydrogen-bond acceptors (Lipinski definition) is 5. The lowest BCUT2D eigenvalue weighted by Crippen LogP contribution is -2.40. The highest BCUT2D eigenvalue weighted by Gasteiger charge is 2.49. The Morgan fingerprint density at radius 1 is 1.11 bits per heavy atom. The van der Waals surface area contributed by atoms with Crippen molar-refractivity contribution in [2.24, 2.45) is 0 Å². The van der Waals surface area contributed by atoms with E-state index in [1.807, 2.05) is 42.5 Å². The number of nitrogens with zero attached hydrogens (tertiary/aromatic N) is 5. The van der Waals surface area contributed by atoms with Gasteiger partial charge in [-0.15, -0.1) is 5.10 Å². The van der Waals surface area contributed by atoms with Crippen LogP contribution in [0.25, 0.3) is 10.8 Å². The maximum absolute atomic E-state index is 13.2. The Morgan fingerprint density at radius 3 is 2.68 bits per heavy atom. The lowest BCUT2D eigenvalue weighted by Gasteiger charge is -2.22. The Bertz CT molecular complexity index is 1050. The SMILES string of the molecule is CCCCn1nnnc1CN1C(=O)N[C@](C)(c2ccc3ccccc3c2)C1=O. The van der Waals surface area contributed by atoms with Crippen LogP contribution in [0.1, 0.15) is 38.1 Å². The van der Waals surface area contributed by atoms with Crippen molar-refractivity contribution in [3.8, 4) is 0 Å². The monoisotopic (exact) mass is 378 g/mol. The fourth-order valence-electron chi connectivity index (χ4n) is 3.50. The molecule has 0 unspecified atom stereocenters. The number of benzene rings is 2. The second kappa shape index (κ2) is 7.03. The van der Waals surface area contributed by atoms with Gasteiger partial charge in [-0.2, -0.15) is 0 Å². The predicted octanol–water partition coefficient (Wildman–Crippen LogP) is 2.59. The highest BCUT2D eigenvalue weighted by atomic mass is 16.2. The molecule has 0 spiro atoms. The number of amides is 3. The van der Waals surface area contributed by atoms with E-state index in [0.717, 1.165) is 29.2 Å². The topological polar surface area (TPSA) is 93.0 Å². The molecule has 0 radical (unpaired) electrons. The van der Waals surface area contributed by atoms with Crippen LogP contribution in [-0.2, 0) is 23.4 Å². The Hall–Kier alpha value is -3.29. The van der Waals surface area contributed by atoms with E-state index in [0.29, 0.717) is 12.4 Å². The molecular formula is C20H22N6O2. The molecule has 8 nitrogen and oxygen atoms in total. The lowest BCUT2D eigenvalue weighted by molar-refractivity contribution is -0.131. The molecule has 3 aromatic rings. The number of fused-ring (bicyclic) bond motifs is 1. The molecule has 1 aliphatic heterocycles. The van der Waals surface area contributed by atoms with Gasteiger partial charge in [-0.3, -0.25) is 9.69 Å². The Labute approximate surface area is 162 Å². The van der Waals surface area contributed by atoms with Gasteiger partial charge in [-0.25, -0.2) is 9.48 Å². The number of imide groups is 1. The van der Waals surface area contributed by atoms with Crippen LogP contribution in [0, 0.1) is 0 Å². The zero-order chi connectivity index (χ0) is 19.7. The molecular weight excluding hydrogens is 356 g/mol. The van der Waals surface area contributed by atoms with E-state index in [4.69, 9.17) is 0 Å². The summed E-state index contributed by atoms with van der Waals surface area (Å²) in [6.07, 6.45) is 1.93. The normalized spacial score (nSPS) is 19.4. The Balaban J connectivity index is 1.61. The second-order valence-electron chi connectivity index (χ2n) is 7.18. The van der Waals surface area contributed by atoms with E-state index in [1.165, 1.54) is 4.90 Å². The molecule has 28 heavy (non-hydrogen) atoms. The fraction of sp³-hybridized carbons (Fsp3) is 0.350. The van der Waals surface area contributed by atoms with Gasteiger partial charge in [0.1, 0.15) is 5.54 Å². The number of carbonyl (C=O) groups excluding carboxylic acids is 2. The minimum Gasteiger partial charge on any atom is -0.319 e. The summed E-state index contributed by atoms with van der Waals surface area (Å²) in [5.41, 5.74) is -0.374. The minimum atomic E-state index is -1.12. The van der Waals surface area contributed by atoms with Crippen molar-refractivity contribution in [3.63, 3.8) is 0 Å². The van der Waals surface area contributed by atoms with Gasteiger partial charge in [-0.05, 0) is 46.2 Å². The summed E-state index contributed by atoms with van der Waals surface area (Å²) in [6, 6.07) is 13.3. The van der Waals surface area contributed by atoms with Crippen LogP contribution in [0.3, 0.4) is 0 Å². The summed E-state index contributed by atoms with van der Waals surface area (Å²) in [4.78, 5) is 27.0. The van der Waals surface area contributed by atoms with Crippen molar-refractivity contribution in [2.75, 3.05) is 0 Å². The third-order valence-corrected chi connectivity index (χ3v) is 5.23. The average Bonchev–Trinajstić information content (AvgIpc) is 3.24. The summed E-state index contributed by atoms with van der Waals surface area (Å²) < 4.78 is 1.65. The van der Waals surface area contributed by atoms with Gasteiger partial charge in [0, 0.05) is 6.54 Å². The van der Waals surface area contributed by atoms with Gasteiger partial charge in [0.15, 0.2) is 5.82 Å². The predicted molar refractivity (Wildman–Crippen MR) is 103 cm³/mol. The number of rotatable bonds is 6. The largest absolute Gasteiger partial charge is 0.325 e. The van der Waals surface area contributed by atoms with Crippen LogP contribution in [0.15, 0.2) is 42.5 Å². The van der Waals surface area contributed by atoms with Crippen LogP contribution < -0.4 is 5.32 Å². The molecule has 3 amide bonds. The molecule has 1 saturated heterocycles. The molecule has 1 N–H and O–H groups in total. The number of nitrogens with one attached hydrogen (secondary N) is 1. The average molecular weight is 378 g/mol. The molecule has 1 atom stereocenters. The molecule has 144 valence electrons. The molecule has 0 saturated carbocycles. The molecule has 1 aromatic heterocycles. The van der Waals surface area contributed by atoms with Crippen molar-refractivity contribution < 1.29 is 9.59 Å². The zero-order valence-electron chi connectivity index (χ0n) is 15.9. The maximum atomic E-state index is 13.2. The fourth-order valence-corrected chi connectivity index (χ4v) is 3.50. The standard InChI is InChI=1S/C20H22N6O2/c1-3-4-11-26-17(22-23-24-26)13-25-18(27)20(2,21-19(25)28)16-10-9-14-7-5-6-8-15(14)12-16/h5-10,12H,3-4,11,13H2,1-2H3,(H,21,28)/t20-/m1/s1. The van der Waals surface area contributed by atoms with Crippen molar-refractivity contribution in [3.05, 3.63) is 53.9 Å². The first-order valence-corrected chi connectivity index (χ1v) is 9.41. The van der Waals surface area contributed by atoms with Crippen LogP contribution in [0.2, 0.25) is 0 Å². The summed E-state index contributed by atoms with van der Waals surface area (Å²) >= 11 is 0. The molecule has 2 aromatic carbocycles. The van der Waals surface area contributed by atoms with E-state index < -0.39 is 11.6 Å². The second-order valence-corrected chi connectivity index (χ2v) is 7.18. The first-order chi connectivity index (χ1) is 13.5. The highest BCUT2D eigenvalue weighted by Crippen LogP contribution is 2.31. The molecule has 0 bridgehead atoms. The van der Waals surface area contributed by atoms with E-state index in [2.05, 4.69) is 27.8 Å². The molecule has 1 fully saturated rings. The van der Waals surface area contributed by atoms with Crippen molar-refractivity contribution >= 4 is 22.7 Å². The summed E-state index contributed by atoms with van der Waals surface area (Å²) in [7, 11) is 0. The van der Waals surface area contributed by atoms with Gasteiger partial charge >= 0.3 is 6.03 Å². The number of unbranched alkanes of at least 4 members (excludes halogenated alkanes) is 1. The van der Waals surface area contributed by atoms with E-state index in [-0.39, 0.29) is 12.5 Å². The first kappa shape index (κ1) is 18.1. The van der Waals surface area contributed by atoms with E-state index >= 15 is 0 Å². The number of aromatic nitrogens is 4. The van der Waals surface area contributed by atoms with Crippen LogP contribution in [-0.4, -0.2) is 37.0 Å². The van der Waals surface area contributed by atoms with Gasteiger partial charge < -0.3 is 5.32 Å². The highest BCUT2D eigenvalue weighted by molar-refractivity contribution is 6.07. The first-order valence-electron chi connectivity index (χ1n) is 9.41. The molecule has 4 rings (SSSR count). The number of aryl methyl sites for hydroxylation is 1. The van der Waals surface area contributed by atoms with Crippen molar-refractivity contribution in [1.29, 1.82) is 0 Å². The zero-order valence-corrected chi connectivity index (χ0v) is 15.9. The molecule has 1 aliphatic rings. The number of tetrazole rings is 1. The number of carbonyl (C=O) groups is 2.